The highest BCUT2D eigenvalue weighted by Gasteiger charge is 2.16. The van der Waals surface area contributed by atoms with E-state index in [4.69, 9.17) is 0 Å². The highest BCUT2D eigenvalue weighted by atomic mass is 16.2. The van der Waals surface area contributed by atoms with E-state index >= 15 is 0 Å². The SMILES string of the molecule is Cc1cccc(C)c1NC(=O)CN(C)C(=O)c1ccc(C(C)C)cc1. The summed E-state index contributed by atoms with van der Waals surface area (Å²) >= 11 is 0. The topological polar surface area (TPSA) is 49.4 Å². The second-order valence-corrected chi connectivity index (χ2v) is 6.75. The molecule has 0 bridgehead atoms. The Labute approximate surface area is 149 Å². The van der Waals surface area contributed by atoms with Gasteiger partial charge < -0.3 is 10.2 Å². The second-order valence-electron chi connectivity index (χ2n) is 6.75. The van der Waals surface area contributed by atoms with Gasteiger partial charge in [-0.1, -0.05) is 44.2 Å². The molecule has 0 aromatic heterocycles. The molecule has 2 amide bonds. The van der Waals surface area contributed by atoms with Gasteiger partial charge >= 0.3 is 0 Å². The van der Waals surface area contributed by atoms with Crippen LogP contribution in [0.1, 0.15) is 46.8 Å². The monoisotopic (exact) mass is 338 g/mol. The van der Waals surface area contributed by atoms with Gasteiger partial charge in [0, 0.05) is 18.3 Å². The number of benzene rings is 2. The molecule has 0 aliphatic rings. The van der Waals surface area contributed by atoms with Crippen molar-refractivity contribution in [3.63, 3.8) is 0 Å². The molecular weight excluding hydrogens is 312 g/mol. The predicted octanol–water partition coefficient (Wildman–Crippen LogP) is 4.14. The lowest BCUT2D eigenvalue weighted by Gasteiger charge is -2.18. The summed E-state index contributed by atoms with van der Waals surface area (Å²) in [5.41, 5.74) is 4.60. The fourth-order valence-corrected chi connectivity index (χ4v) is 2.71. The van der Waals surface area contributed by atoms with Crippen molar-refractivity contribution in [2.75, 3.05) is 18.9 Å². The van der Waals surface area contributed by atoms with Gasteiger partial charge in [0.2, 0.25) is 5.91 Å². The number of hydrogen-bond donors (Lipinski definition) is 1. The molecule has 4 heteroatoms. The first-order valence-electron chi connectivity index (χ1n) is 8.51. The average Bonchev–Trinajstić information content (AvgIpc) is 2.57. The van der Waals surface area contributed by atoms with Crippen molar-refractivity contribution in [3.05, 3.63) is 64.7 Å². The molecule has 0 aliphatic carbocycles. The molecule has 2 rings (SSSR count). The number of para-hydroxylation sites is 1. The summed E-state index contributed by atoms with van der Waals surface area (Å²) in [5.74, 6) is 0.0593. The summed E-state index contributed by atoms with van der Waals surface area (Å²) in [6, 6.07) is 13.4. The Morgan fingerprint density at radius 2 is 1.56 bits per heavy atom. The molecule has 0 saturated heterocycles. The zero-order chi connectivity index (χ0) is 18.6. The summed E-state index contributed by atoms with van der Waals surface area (Å²) in [7, 11) is 1.64. The summed E-state index contributed by atoms with van der Waals surface area (Å²) in [4.78, 5) is 26.2. The Balaban J connectivity index is 2.02. The number of aryl methyl sites for hydroxylation is 2. The molecule has 0 atom stereocenters. The minimum Gasteiger partial charge on any atom is -0.332 e. The summed E-state index contributed by atoms with van der Waals surface area (Å²) < 4.78 is 0. The van der Waals surface area contributed by atoms with E-state index in [0.717, 1.165) is 16.8 Å². The summed E-state index contributed by atoms with van der Waals surface area (Å²) in [5, 5.41) is 2.91. The van der Waals surface area contributed by atoms with Gasteiger partial charge in [0.05, 0.1) is 6.54 Å². The van der Waals surface area contributed by atoms with E-state index in [1.165, 1.54) is 10.5 Å². The van der Waals surface area contributed by atoms with Crippen molar-refractivity contribution < 1.29 is 9.59 Å². The highest BCUT2D eigenvalue weighted by Crippen LogP contribution is 2.19. The van der Waals surface area contributed by atoms with Crippen LogP contribution in [0.3, 0.4) is 0 Å². The van der Waals surface area contributed by atoms with E-state index in [0.29, 0.717) is 11.5 Å². The Morgan fingerprint density at radius 3 is 2.08 bits per heavy atom. The standard InChI is InChI=1S/C21H26N2O2/c1-14(2)17-9-11-18(12-10-17)21(25)23(5)13-19(24)22-20-15(3)7-6-8-16(20)4/h6-12,14H,13H2,1-5H3,(H,22,24). The van der Waals surface area contributed by atoms with Crippen LogP contribution >= 0.6 is 0 Å². The number of nitrogens with zero attached hydrogens (tertiary/aromatic N) is 1. The quantitative estimate of drug-likeness (QED) is 0.891. The molecule has 0 spiro atoms. The van der Waals surface area contributed by atoms with E-state index < -0.39 is 0 Å². The van der Waals surface area contributed by atoms with Gasteiger partial charge in [0.25, 0.3) is 5.91 Å². The maximum absolute atomic E-state index is 12.5. The Kier molecular flexibility index (Phi) is 5.97. The van der Waals surface area contributed by atoms with Crippen LogP contribution < -0.4 is 5.32 Å². The normalized spacial score (nSPS) is 10.6. The lowest BCUT2D eigenvalue weighted by atomic mass is 10.0. The van der Waals surface area contributed by atoms with Crippen LogP contribution in [0.15, 0.2) is 42.5 Å². The van der Waals surface area contributed by atoms with Crippen molar-refractivity contribution in [1.82, 2.24) is 4.90 Å². The maximum Gasteiger partial charge on any atom is 0.254 e. The minimum absolute atomic E-state index is 0.0124. The minimum atomic E-state index is -0.202. The number of rotatable bonds is 5. The van der Waals surface area contributed by atoms with Crippen molar-refractivity contribution in [1.29, 1.82) is 0 Å². The molecule has 0 radical (unpaired) electrons. The van der Waals surface area contributed by atoms with Crippen molar-refractivity contribution in [2.45, 2.75) is 33.6 Å². The molecule has 0 saturated carbocycles. The van der Waals surface area contributed by atoms with Crippen LogP contribution in [0.25, 0.3) is 0 Å². The number of likely N-dealkylation sites (N-methyl/N-ethyl adjacent to an activating group) is 1. The van der Waals surface area contributed by atoms with E-state index in [2.05, 4.69) is 19.2 Å². The van der Waals surface area contributed by atoms with Gasteiger partial charge in [-0.15, -0.1) is 0 Å². The third kappa shape index (κ3) is 4.69. The number of anilines is 1. The lowest BCUT2D eigenvalue weighted by Crippen LogP contribution is -2.35. The number of amides is 2. The third-order valence-electron chi connectivity index (χ3n) is 4.30. The van der Waals surface area contributed by atoms with Gasteiger partial charge in [-0.3, -0.25) is 9.59 Å². The first kappa shape index (κ1) is 18.7. The highest BCUT2D eigenvalue weighted by molar-refractivity contribution is 5.99. The molecule has 0 unspecified atom stereocenters. The molecule has 0 heterocycles. The number of nitrogens with one attached hydrogen (secondary N) is 1. The van der Waals surface area contributed by atoms with Crippen LogP contribution in [-0.4, -0.2) is 30.3 Å². The summed E-state index contributed by atoms with van der Waals surface area (Å²) in [6.45, 7) is 8.14. The van der Waals surface area contributed by atoms with Crippen LogP contribution in [0.2, 0.25) is 0 Å². The molecule has 0 fully saturated rings. The van der Waals surface area contributed by atoms with Crippen molar-refractivity contribution in [3.8, 4) is 0 Å². The van der Waals surface area contributed by atoms with Gasteiger partial charge in [0.15, 0.2) is 0 Å². The van der Waals surface area contributed by atoms with Crippen LogP contribution in [0.5, 0.6) is 0 Å². The molecule has 132 valence electrons. The first-order chi connectivity index (χ1) is 11.8. The largest absolute Gasteiger partial charge is 0.332 e. The lowest BCUT2D eigenvalue weighted by molar-refractivity contribution is -0.116. The Morgan fingerprint density at radius 1 is 1.00 bits per heavy atom. The smallest absolute Gasteiger partial charge is 0.254 e. The van der Waals surface area contributed by atoms with Crippen LogP contribution in [0, 0.1) is 13.8 Å². The summed E-state index contributed by atoms with van der Waals surface area (Å²) in [6.07, 6.45) is 0. The van der Waals surface area contributed by atoms with Gasteiger partial charge in [-0.25, -0.2) is 0 Å². The molecule has 2 aromatic carbocycles. The Hall–Kier alpha value is -2.62. The number of carbonyl (C=O) groups is 2. The first-order valence-corrected chi connectivity index (χ1v) is 8.51. The zero-order valence-electron chi connectivity index (χ0n) is 15.6. The molecular formula is C21H26N2O2. The zero-order valence-corrected chi connectivity index (χ0v) is 15.6. The fraction of sp³-hybridized carbons (Fsp3) is 0.333. The number of carbonyl (C=O) groups excluding carboxylic acids is 2. The average molecular weight is 338 g/mol. The maximum atomic E-state index is 12.5. The van der Waals surface area contributed by atoms with E-state index in [-0.39, 0.29) is 18.4 Å². The predicted molar refractivity (Wildman–Crippen MR) is 102 cm³/mol. The molecule has 25 heavy (non-hydrogen) atoms. The third-order valence-corrected chi connectivity index (χ3v) is 4.30. The Bertz CT molecular complexity index is 744. The second kappa shape index (κ2) is 7.97. The van der Waals surface area contributed by atoms with Gasteiger partial charge in [0.1, 0.15) is 0 Å². The van der Waals surface area contributed by atoms with E-state index in [9.17, 15) is 9.59 Å². The van der Waals surface area contributed by atoms with Crippen LogP contribution in [-0.2, 0) is 4.79 Å². The molecule has 1 N–H and O–H groups in total. The van der Waals surface area contributed by atoms with Crippen molar-refractivity contribution >= 4 is 17.5 Å². The fourth-order valence-electron chi connectivity index (χ4n) is 2.71. The van der Waals surface area contributed by atoms with E-state index in [1.54, 1.807) is 7.05 Å². The van der Waals surface area contributed by atoms with E-state index in [1.807, 2.05) is 56.3 Å². The molecule has 4 nitrogen and oxygen atoms in total. The van der Waals surface area contributed by atoms with Gasteiger partial charge in [-0.05, 0) is 48.6 Å². The van der Waals surface area contributed by atoms with Gasteiger partial charge in [-0.2, -0.15) is 0 Å². The van der Waals surface area contributed by atoms with Crippen LogP contribution in [0.4, 0.5) is 5.69 Å². The molecule has 2 aromatic rings. The number of hydrogen-bond acceptors (Lipinski definition) is 2. The molecule has 0 aliphatic heterocycles. The van der Waals surface area contributed by atoms with Crippen molar-refractivity contribution in [2.24, 2.45) is 0 Å².